The van der Waals surface area contributed by atoms with Crippen molar-refractivity contribution in [3.63, 3.8) is 0 Å². The summed E-state index contributed by atoms with van der Waals surface area (Å²) in [6.07, 6.45) is 1.84. The van der Waals surface area contributed by atoms with E-state index >= 15 is 0 Å². The zero-order chi connectivity index (χ0) is 18.7. The summed E-state index contributed by atoms with van der Waals surface area (Å²) in [5.74, 6) is -0.437. The molecule has 1 heterocycles. The van der Waals surface area contributed by atoms with Crippen LogP contribution in [0.2, 0.25) is 0 Å². The molecule has 2 aromatic rings. The van der Waals surface area contributed by atoms with Crippen LogP contribution in [0.4, 0.5) is 5.69 Å². The second-order valence-corrected chi connectivity index (χ2v) is 8.34. The molecule has 0 fully saturated rings. The number of hydrogen-bond donors (Lipinski definition) is 1. The van der Waals surface area contributed by atoms with Crippen molar-refractivity contribution in [3.8, 4) is 11.3 Å². The number of H-pyrrole nitrogens is 1. The van der Waals surface area contributed by atoms with Gasteiger partial charge < -0.3 is 14.6 Å². The summed E-state index contributed by atoms with van der Waals surface area (Å²) in [7, 11) is 0. The van der Waals surface area contributed by atoms with E-state index in [2.05, 4.69) is 72.8 Å². The fourth-order valence-electron chi connectivity index (χ4n) is 2.53. The van der Waals surface area contributed by atoms with E-state index in [1.54, 1.807) is 11.8 Å². The third kappa shape index (κ3) is 4.15. The van der Waals surface area contributed by atoms with Gasteiger partial charge in [0.15, 0.2) is 0 Å². The average molecular weight is 678 g/mol. The number of amides is 1. The van der Waals surface area contributed by atoms with Crippen molar-refractivity contribution in [2.75, 3.05) is 18.1 Å². The first-order chi connectivity index (χ1) is 11.8. The molecule has 1 aromatic carbocycles. The molecule has 1 N–H and O–H groups in total. The Morgan fingerprint density at radius 3 is 2.32 bits per heavy atom. The number of nitrogens with zero attached hydrogens (tertiary/aromatic N) is 1. The van der Waals surface area contributed by atoms with Gasteiger partial charge in [-0.15, -0.1) is 0 Å². The monoisotopic (exact) mass is 678 g/mol. The molecule has 5 nitrogen and oxygen atoms in total. The molecule has 25 heavy (non-hydrogen) atoms. The van der Waals surface area contributed by atoms with Crippen LogP contribution in [0.25, 0.3) is 11.3 Å². The third-order valence-corrected chi connectivity index (χ3v) is 6.79. The number of aromatic amines is 1. The number of halogens is 3. The largest absolute Gasteiger partial charge is 0.462 e. The van der Waals surface area contributed by atoms with Crippen LogP contribution >= 0.6 is 67.8 Å². The molecule has 0 saturated heterocycles. The van der Waals surface area contributed by atoms with Crippen molar-refractivity contribution in [2.24, 2.45) is 0 Å². The number of hydrogen-bond acceptors (Lipinski definition) is 3. The number of aromatic nitrogens is 1. The molecule has 0 aliphatic carbocycles. The van der Waals surface area contributed by atoms with Crippen LogP contribution in [0.1, 0.15) is 31.1 Å². The minimum atomic E-state index is -0.374. The van der Waals surface area contributed by atoms with E-state index in [9.17, 15) is 9.59 Å². The minimum Gasteiger partial charge on any atom is -0.462 e. The fourth-order valence-corrected chi connectivity index (χ4v) is 7.30. The quantitative estimate of drug-likeness (QED) is 0.357. The standard InChI is InChI=1S/C17H17I3N2O3/c1-4-22(9(3)23)16-14(19)11(10-7-6-8-21-10)13(18)12(15(16)20)17(24)25-5-2/h6-8,21H,4-5H2,1-3H3. The highest BCUT2D eigenvalue weighted by Crippen LogP contribution is 2.42. The molecule has 2 rings (SSSR count). The Bertz CT molecular complexity index is 804. The normalized spacial score (nSPS) is 10.6. The summed E-state index contributed by atoms with van der Waals surface area (Å²) in [6.45, 7) is 6.06. The van der Waals surface area contributed by atoms with E-state index in [0.717, 1.165) is 27.7 Å². The van der Waals surface area contributed by atoms with Gasteiger partial charge in [-0.2, -0.15) is 0 Å². The first-order valence-corrected chi connectivity index (χ1v) is 10.9. The van der Waals surface area contributed by atoms with E-state index < -0.39 is 0 Å². The van der Waals surface area contributed by atoms with Crippen LogP contribution in [-0.2, 0) is 9.53 Å². The van der Waals surface area contributed by atoms with Crippen LogP contribution in [0.15, 0.2) is 18.3 Å². The number of esters is 1. The number of carbonyl (C=O) groups is 2. The molecule has 0 saturated carbocycles. The van der Waals surface area contributed by atoms with E-state index in [1.807, 2.05) is 25.3 Å². The van der Waals surface area contributed by atoms with Crippen molar-refractivity contribution in [2.45, 2.75) is 20.8 Å². The highest BCUT2D eigenvalue weighted by atomic mass is 127. The molecule has 1 aromatic heterocycles. The Morgan fingerprint density at radius 1 is 1.16 bits per heavy atom. The molecule has 1 amide bonds. The number of benzene rings is 1. The summed E-state index contributed by atoms with van der Waals surface area (Å²) in [6, 6.07) is 3.86. The SMILES string of the molecule is CCOC(=O)c1c(I)c(-c2ccc[nH]2)c(I)c(N(CC)C(C)=O)c1I. The van der Waals surface area contributed by atoms with Gasteiger partial charge in [0.1, 0.15) is 0 Å². The average Bonchev–Trinajstić information content (AvgIpc) is 3.05. The predicted molar refractivity (Wildman–Crippen MR) is 124 cm³/mol. The van der Waals surface area contributed by atoms with Crippen molar-refractivity contribution in [1.29, 1.82) is 0 Å². The van der Waals surface area contributed by atoms with Gasteiger partial charge in [0.05, 0.1) is 21.4 Å². The van der Waals surface area contributed by atoms with Gasteiger partial charge in [-0.05, 0) is 93.8 Å². The highest BCUT2D eigenvalue weighted by molar-refractivity contribution is 14.1. The van der Waals surface area contributed by atoms with E-state index in [1.165, 1.54) is 6.92 Å². The molecule has 8 heteroatoms. The van der Waals surface area contributed by atoms with E-state index in [4.69, 9.17) is 4.74 Å². The second-order valence-electron chi connectivity index (χ2n) is 5.11. The predicted octanol–water partition coefficient (Wildman–Crippen LogP) is 5.05. The number of rotatable bonds is 5. The zero-order valence-electron chi connectivity index (χ0n) is 14.0. The van der Waals surface area contributed by atoms with Crippen molar-refractivity contribution in [1.82, 2.24) is 4.98 Å². The number of anilines is 1. The summed E-state index contributed by atoms with van der Waals surface area (Å²) in [5.41, 5.74) is 3.06. The fraction of sp³-hybridized carbons (Fsp3) is 0.294. The Balaban J connectivity index is 2.88. The van der Waals surface area contributed by atoms with Gasteiger partial charge in [-0.25, -0.2) is 4.79 Å². The molecule has 0 aliphatic rings. The molecular formula is C17H17I3N2O3. The maximum Gasteiger partial charge on any atom is 0.340 e. The lowest BCUT2D eigenvalue weighted by atomic mass is 10.1. The molecule has 0 unspecified atom stereocenters. The van der Waals surface area contributed by atoms with Gasteiger partial charge in [-0.3, -0.25) is 4.79 Å². The summed E-state index contributed by atoms with van der Waals surface area (Å²) in [4.78, 5) is 29.7. The van der Waals surface area contributed by atoms with Gasteiger partial charge in [0.2, 0.25) is 5.91 Å². The molecule has 0 aliphatic heterocycles. The molecule has 0 spiro atoms. The minimum absolute atomic E-state index is 0.0632. The molecule has 0 bridgehead atoms. The second kappa shape index (κ2) is 9.02. The Labute approximate surface area is 187 Å². The first-order valence-electron chi connectivity index (χ1n) is 7.64. The Kier molecular flexibility index (Phi) is 7.55. The van der Waals surface area contributed by atoms with E-state index in [-0.39, 0.29) is 11.9 Å². The van der Waals surface area contributed by atoms with Gasteiger partial charge >= 0.3 is 5.97 Å². The lowest BCUT2D eigenvalue weighted by molar-refractivity contribution is -0.116. The zero-order valence-corrected chi connectivity index (χ0v) is 20.4. The van der Waals surface area contributed by atoms with Gasteiger partial charge in [0, 0.05) is 38.1 Å². The molecular weight excluding hydrogens is 661 g/mol. The first kappa shape index (κ1) is 20.9. The van der Waals surface area contributed by atoms with E-state index in [0.29, 0.717) is 18.7 Å². The van der Waals surface area contributed by atoms with Crippen LogP contribution < -0.4 is 4.90 Å². The lowest BCUT2D eigenvalue weighted by Gasteiger charge is -2.26. The van der Waals surface area contributed by atoms with Crippen molar-refractivity contribution < 1.29 is 14.3 Å². The summed E-state index contributed by atoms with van der Waals surface area (Å²) >= 11 is 6.57. The number of carbonyl (C=O) groups excluding carboxylic acids is 2. The van der Waals surface area contributed by atoms with Crippen LogP contribution in [0.3, 0.4) is 0 Å². The third-order valence-electron chi connectivity index (χ3n) is 3.61. The van der Waals surface area contributed by atoms with Gasteiger partial charge in [-0.1, -0.05) is 0 Å². The maximum absolute atomic E-state index is 12.6. The van der Waals surface area contributed by atoms with Crippen LogP contribution in [-0.4, -0.2) is 30.0 Å². The van der Waals surface area contributed by atoms with Crippen molar-refractivity contribution in [3.05, 3.63) is 34.6 Å². The maximum atomic E-state index is 12.6. The topological polar surface area (TPSA) is 62.4 Å². The van der Waals surface area contributed by atoms with Crippen LogP contribution in [0.5, 0.6) is 0 Å². The Hall–Kier alpha value is -0.370. The molecule has 134 valence electrons. The molecule has 0 radical (unpaired) electrons. The van der Waals surface area contributed by atoms with Crippen molar-refractivity contribution >= 4 is 85.3 Å². The van der Waals surface area contributed by atoms with Crippen LogP contribution in [0, 0.1) is 10.7 Å². The molecule has 0 atom stereocenters. The lowest BCUT2D eigenvalue weighted by Crippen LogP contribution is -2.30. The number of ether oxygens (including phenoxy) is 1. The summed E-state index contributed by atoms with van der Waals surface area (Å²) in [5, 5.41) is 0. The number of nitrogens with one attached hydrogen (secondary N) is 1. The van der Waals surface area contributed by atoms with Gasteiger partial charge in [0.25, 0.3) is 0 Å². The summed E-state index contributed by atoms with van der Waals surface area (Å²) < 4.78 is 7.74. The highest BCUT2D eigenvalue weighted by Gasteiger charge is 2.29. The Morgan fingerprint density at radius 2 is 1.84 bits per heavy atom. The smallest absolute Gasteiger partial charge is 0.340 e.